The number of rotatable bonds is 4. The maximum atomic E-state index is 12.8. The van der Waals surface area contributed by atoms with Crippen molar-refractivity contribution >= 4 is 33.0 Å². The minimum Gasteiger partial charge on any atom is -0.292 e. The first-order chi connectivity index (χ1) is 12.5. The summed E-state index contributed by atoms with van der Waals surface area (Å²) in [6, 6.07) is 4.35. The van der Waals surface area contributed by atoms with Gasteiger partial charge in [0.05, 0.1) is 23.2 Å². The predicted octanol–water partition coefficient (Wildman–Crippen LogP) is 3.05. The first kappa shape index (κ1) is 16.6. The van der Waals surface area contributed by atoms with Gasteiger partial charge < -0.3 is 0 Å². The Bertz CT molecular complexity index is 1130. The molecule has 2 aromatic heterocycles. The van der Waals surface area contributed by atoms with Crippen molar-refractivity contribution in [3.63, 3.8) is 0 Å². The number of carbonyl (C=O) groups excluding carboxylic acids is 1. The summed E-state index contributed by atoms with van der Waals surface area (Å²) in [6.07, 6.45) is 4.27. The average molecular weight is 369 g/mol. The summed E-state index contributed by atoms with van der Waals surface area (Å²) in [5.74, 6) is -0.358. The number of ketones is 1. The van der Waals surface area contributed by atoms with Crippen LogP contribution in [0.1, 0.15) is 32.8 Å². The molecule has 0 saturated carbocycles. The first-order valence-corrected chi connectivity index (χ1v) is 9.05. The summed E-state index contributed by atoms with van der Waals surface area (Å²) in [6.45, 7) is 1.43. The van der Waals surface area contributed by atoms with Crippen LogP contribution < -0.4 is 5.56 Å². The molecule has 0 radical (unpaired) electrons. The third-order valence-corrected chi connectivity index (χ3v) is 5.93. The van der Waals surface area contributed by atoms with Crippen molar-refractivity contribution < 1.29 is 9.72 Å². The fraction of sp³-hybridized carbons (Fsp3) is 0.278. The van der Waals surface area contributed by atoms with Crippen LogP contribution in [0.2, 0.25) is 0 Å². The van der Waals surface area contributed by atoms with Crippen LogP contribution in [0.5, 0.6) is 0 Å². The second-order valence-electron chi connectivity index (χ2n) is 6.40. The summed E-state index contributed by atoms with van der Waals surface area (Å²) < 4.78 is 1.29. The average Bonchev–Trinajstić information content (AvgIpc) is 3.18. The minimum absolute atomic E-state index is 0.104. The van der Waals surface area contributed by atoms with E-state index in [1.54, 1.807) is 30.4 Å². The van der Waals surface area contributed by atoms with E-state index in [-0.39, 0.29) is 29.1 Å². The van der Waals surface area contributed by atoms with E-state index in [1.165, 1.54) is 21.8 Å². The highest BCUT2D eigenvalue weighted by Gasteiger charge is 2.22. The minimum atomic E-state index is -0.513. The topological polar surface area (TPSA) is 95.1 Å². The predicted molar refractivity (Wildman–Crippen MR) is 98.1 cm³/mol. The van der Waals surface area contributed by atoms with Gasteiger partial charge in [0.1, 0.15) is 4.83 Å². The van der Waals surface area contributed by atoms with Crippen molar-refractivity contribution in [2.75, 3.05) is 0 Å². The molecule has 2 heterocycles. The highest BCUT2D eigenvalue weighted by Crippen LogP contribution is 2.34. The lowest BCUT2D eigenvalue weighted by Crippen LogP contribution is -2.24. The Kier molecular flexibility index (Phi) is 3.91. The zero-order valence-electron chi connectivity index (χ0n) is 14.0. The molecule has 8 heteroatoms. The molecule has 0 aliphatic heterocycles. The molecule has 0 bridgehead atoms. The highest BCUT2D eigenvalue weighted by molar-refractivity contribution is 7.18. The van der Waals surface area contributed by atoms with Gasteiger partial charge in [0.25, 0.3) is 11.2 Å². The van der Waals surface area contributed by atoms with E-state index in [0.717, 1.165) is 29.7 Å². The SMILES string of the molecule is Cc1ccc(C(=O)Cn2cnc3sc4c(c3c2=O)CCC4)cc1[N+](=O)[O-]. The van der Waals surface area contributed by atoms with Gasteiger partial charge in [0, 0.05) is 22.1 Å². The molecule has 0 atom stereocenters. The quantitative estimate of drug-likeness (QED) is 0.400. The number of nitrogens with zero attached hydrogens (tertiary/aromatic N) is 3. The van der Waals surface area contributed by atoms with E-state index in [4.69, 9.17) is 0 Å². The number of hydrogen-bond donors (Lipinski definition) is 0. The van der Waals surface area contributed by atoms with Gasteiger partial charge in [-0.1, -0.05) is 12.1 Å². The number of hydrogen-bond acceptors (Lipinski definition) is 6. The maximum Gasteiger partial charge on any atom is 0.273 e. The first-order valence-electron chi connectivity index (χ1n) is 8.23. The summed E-state index contributed by atoms with van der Waals surface area (Å²) in [5.41, 5.74) is 1.44. The van der Waals surface area contributed by atoms with Crippen molar-refractivity contribution in [2.45, 2.75) is 32.7 Å². The van der Waals surface area contributed by atoms with Gasteiger partial charge in [-0.25, -0.2) is 4.98 Å². The lowest BCUT2D eigenvalue weighted by molar-refractivity contribution is -0.385. The highest BCUT2D eigenvalue weighted by atomic mass is 32.1. The van der Waals surface area contributed by atoms with E-state index in [9.17, 15) is 19.7 Å². The van der Waals surface area contributed by atoms with Gasteiger partial charge in [0.2, 0.25) is 0 Å². The number of aromatic nitrogens is 2. The molecule has 0 fully saturated rings. The van der Waals surface area contributed by atoms with Crippen LogP contribution in [0.15, 0.2) is 29.3 Å². The molecule has 3 aromatic rings. The number of benzene rings is 1. The molecule has 4 rings (SSSR count). The monoisotopic (exact) mass is 369 g/mol. The van der Waals surface area contributed by atoms with Crippen LogP contribution in [-0.2, 0) is 19.4 Å². The van der Waals surface area contributed by atoms with Gasteiger partial charge in [-0.3, -0.25) is 24.3 Å². The van der Waals surface area contributed by atoms with Crippen LogP contribution in [-0.4, -0.2) is 20.3 Å². The number of thiophene rings is 1. The van der Waals surface area contributed by atoms with Crippen LogP contribution >= 0.6 is 11.3 Å². The second-order valence-corrected chi connectivity index (χ2v) is 7.48. The Morgan fingerprint density at radius 3 is 2.96 bits per heavy atom. The molecule has 0 amide bonds. The number of Topliss-reactive ketones (excluding diaryl/α,β-unsaturated/α-hetero) is 1. The lowest BCUT2D eigenvalue weighted by atomic mass is 10.1. The van der Waals surface area contributed by atoms with E-state index < -0.39 is 4.92 Å². The molecule has 0 N–H and O–H groups in total. The Hall–Kier alpha value is -2.87. The third kappa shape index (κ3) is 2.62. The Morgan fingerprint density at radius 2 is 2.19 bits per heavy atom. The van der Waals surface area contributed by atoms with Crippen molar-refractivity contribution in [1.29, 1.82) is 0 Å². The molecule has 1 aliphatic carbocycles. The maximum absolute atomic E-state index is 12.8. The van der Waals surface area contributed by atoms with Crippen molar-refractivity contribution in [3.8, 4) is 0 Å². The molecule has 1 aromatic carbocycles. The Labute approximate surface area is 152 Å². The van der Waals surface area contributed by atoms with Crippen molar-refractivity contribution in [1.82, 2.24) is 9.55 Å². The van der Waals surface area contributed by atoms with Crippen molar-refractivity contribution in [2.24, 2.45) is 0 Å². The summed E-state index contributed by atoms with van der Waals surface area (Å²) in [7, 11) is 0. The number of carbonyl (C=O) groups is 1. The molecular formula is C18H15N3O4S. The van der Waals surface area contributed by atoms with Gasteiger partial charge in [-0.2, -0.15) is 0 Å². The van der Waals surface area contributed by atoms with E-state index in [1.807, 2.05) is 0 Å². The van der Waals surface area contributed by atoms with E-state index >= 15 is 0 Å². The normalized spacial score (nSPS) is 13.1. The Balaban J connectivity index is 1.70. The molecule has 0 saturated heterocycles. The Morgan fingerprint density at radius 1 is 1.38 bits per heavy atom. The lowest BCUT2D eigenvalue weighted by Gasteiger charge is -2.06. The number of aryl methyl sites for hydroxylation is 3. The fourth-order valence-corrected chi connectivity index (χ4v) is 4.58. The summed E-state index contributed by atoms with van der Waals surface area (Å²) in [4.78, 5) is 42.2. The largest absolute Gasteiger partial charge is 0.292 e. The molecule has 0 spiro atoms. The number of nitro groups is 1. The zero-order valence-corrected chi connectivity index (χ0v) is 14.8. The van der Waals surface area contributed by atoms with E-state index in [0.29, 0.717) is 10.9 Å². The molecule has 132 valence electrons. The molecule has 0 unspecified atom stereocenters. The van der Waals surface area contributed by atoms with Crippen LogP contribution in [0, 0.1) is 17.0 Å². The van der Waals surface area contributed by atoms with Crippen LogP contribution in [0.3, 0.4) is 0 Å². The second kappa shape index (κ2) is 6.14. The number of fused-ring (bicyclic) bond motifs is 3. The standard InChI is InChI=1S/C18H15N3O4S/c1-10-5-6-11(7-13(10)21(24)25)14(22)8-20-9-19-17-16(18(20)23)12-3-2-4-15(12)26-17/h5-7,9H,2-4,8H2,1H3. The molecule has 26 heavy (non-hydrogen) atoms. The van der Waals surface area contributed by atoms with Gasteiger partial charge in [-0.15, -0.1) is 11.3 Å². The summed E-state index contributed by atoms with van der Waals surface area (Å²) >= 11 is 1.55. The number of nitro benzene ring substituents is 1. The molecule has 1 aliphatic rings. The van der Waals surface area contributed by atoms with Crippen LogP contribution in [0.4, 0.5) is 5.69 Å². The molecule has 7 nitrogen and oxygen atoms in total. The van der Waals surface area contributed by atoms with Crippen molar-refractivity contribution in [3.05, 3.63) is 66.6 Å². The summed E-state index contributed by atoms with van der Waals surface area (Å²) in [5, 5.41) is 11.7. The fourth-order valence-electron chi connectivity index (χ4n) is 3.36. The van der Waals surface area contributed by atoms with Gasteiger partial charge in [-0.05, 0) is 31.7 Å². The van der Waals surface area contributed by atoms with Gasteiger partial charge >= 0.3 is 0 Å². The van der Waals surface area contributed by atoms with Crippen LogP contribution in [0.25, 0.3) is 10.2 Å². The van der Waals surface area contributed by atoms with Gasteiger partial charge in [0.15, 0.2) is 5.78 Å². The molecular weight excluding hydrogens is 354 g/mol. The zero-order chi connectivity index (χ0) is 18.4. The third-order valence-electron chi connectivity index (χ3n) is 4.73. The smallest absolute Gasteiger partial charge is 0.273 e. The van der Waals surface area contributed by atoms with E-state index in [2.05, 4.69) is 4.98 Å².